The molecule has 0 saturated heterocycles. The molecule has 5 rings (SSSR count). The Kier molecular flexibility index (Phi) is 8.65. The number of carbonyl (C=O) groups is 2. The summed E-state index contributed by atoms with van der Waals surface area (Å²) in [5, 5.41) is 16.0. The third kappa shape index (κ3) is 6.52. The summed E-state index contributed by atoms with van der Waals surface area (Å²) >= 11 is 5.88. The number of hydrogen-bond acceptors (Lipinski definition) is 4. The molecule has 0 aliphatic heterocycles. The number of hydrogen-bond donors (Lipinski definition) is 3. The number of ether oxygens (including phenoxy) is 1. The van der Waals surface area contributed by atoms with Gasteiger partial charge >= 0.3 is 6.18 Å². The Morgan fingerprint density at radius 1 is 1.03 bits per heavy atom. The molecule has 0 aromatic rings. The number of carbonyl (C=O) groups excluding carboxylic acids is 2. The average molecular weight is 559 g/mol. The third-order valence-corrected chi connectivity index (χ3v) is 9.53. The Balaban J connectivity index is 1.25. The monoisotopic (exact) mass is 558 g/mol. The number of nitrogens with one attached hydrogen (secondary N) is 2. The quantitative estimate of drug-likeness (QED) is 0.324. The van der Waals surface area contributed by atoms with E-state index in [1.165, 1.54) is 0 Å². The topological polar surface area (TPSA) is 87.7 Å². The second-order valence-corrected chi connectivity index (χ2v) is 12.2. The fourth-order valence-electron chi connectivity index (χ4n) is 6.76. The lowest BCUT2D eigenvalue weighted by molar-refractivity contribution is -0.190. The summed E-state index contributed by atoms with van der Waals surface area (Å²) in [6.07, 6.45) is -6.50. The molecule has 7 unspecified atom stereocenters. The van der Waals surface area contributed by atoms with Crippen molar-refractivity contribution in [2.45, 2.75) is 112 Å². The van der Waals surface area contributed by atoms with Gasteiger partial charge in [-0.3, -0.25) is 9.59 Å². The highest BCUT2D eigenvalue weighted by molar-refractivity contribution is 6.21. The van der Waals surface area contributed by atoms with Crippen molar-refractivity contribution in [3.05, 3.63) is 0 Å². The zero-order chi connectivity index (χ0) is 27.0. The summed E-state index contributed by atoms with van der Waals surface area (Å²) in [4.78, 5) is 25.7. The van der Waals surface area contributed by atoms with Crippen molar-refractivity contribution in [2.75, 3.05) is 13.2 Å². The van der Waals surface area contributed by atoms with Crippen LogP contribution in [0.5, 0.6) is 0 Å². The second kappa shape index (κ2) is 11.1. The molecule has 37 heavy (non-hydrogen) atoms. The van der Waals surface area contributed by atoms with Crippen molar-refractivity contribution in [1.29, 1.82) is 0 Å². The summed E-state index contributed by atoms with van der Waals surface area (Å²) in [6.45, 7) is -0.297. The summed E-state index contributed by atoms with van der Waals surface area (Å²) in [7, 11) is 0. The fraction of sp³-hybridized carbons (Fsp3) is 0.920. The Morgan fingerprint density at radius 2 is 1.73 bits per heavy atom. The highest BCUT2D eigenvalue weighted by Gasteiger charge is 2.58. The van der Waals surface area contributed by atoms with Crippen molar-refractivity contribution in [3.8, 4) is 0 Å². The first kappa shape index (κ1) is 28.8. The molecule has 0 spiro atoms. The smallest absolute Gasteiger partial charge is 0.391 e. The maximum atomic E-state index is 13.9. The van der Waals surface area contributed by atoms with Crippen LogP contribution in [0, 0.1) is 17.3 Å². The van der Waals surface area contributed by atoms with Crippen molar-refractivity contribution in [1.82, 2.24) is 10.6 Å². The van der Waals surface area contributed by atoms with Crippen molar-refractivity contribution in [3.63, 3.8) is 0 Å². The highest BCUT2D eigenvalue weighted by atomic mass is 35.5. The van der Waals surface area contributed by atoms with Crippen LogP contribution in [0.3, 0.4) is 0 Å². The van der Waals surface area contributed by atoms with E-state index in [9.17, 15) is 36.6 Å². The van der Waals surface area contributed by atoms with Gasteiger partial charge in [0.1, 0.15) is 19.0 Å². The van der Waals surface area contributed by atoms with E-state index in [1.54, 1.807) is 0 Å². The summed E-state index contributed by atoms with van der Waals surface area (Å²) in [6, 6.07) is 0. The maximum Gasteiger partial charge on any atom is 0.391 e. The minimum atomic E-state index is -4.47. The van der Waals surface area contributed by atoms with E-state index in [0.717, 1.165) is 0 Å². The molecule has 0 aromatic heterocycles. The lowest BCUT2D eigenvalue weighted by Crippen LogP contribution is -2.66. The summed E-state index contributed by atoms with van der Waals surface area (Å²) in [5.74, 6) is -3.13. The van der Waals surface area contributed by atoms with Gasteiger partial charge in [0.25, 0.3) is 0 Å². The van der Waals surface area contributed by atoms with Gasteiger partial charge in [0.15, 0.2) is 0 Å². The SMILES string of the molecule is O=C(COC1CCC(Cl)C(F)C1)NC12CCC(C(=O)NCC3CC(F)CC(C(F)(F)F)C3)(CC1)C(O)C2. The molecule has 212 valence electrons. The van der Waals surface area contributed by atoms with Crippen molar-refractivity contribution < 1.29 is 41.4 Å². The Hall–Kier alpha value is -1.20. The zero-order valence-corrected chi connectivity index (χ0v) is 21.4. The fourth-order valence-corrected chi connectivity index (χ4v) is 6.99. The lowest BCUT2D eigenvalue weighted by Gasteiger charge is -2.55. The zero-order valence-electron chi connectivity index (χ0n) is 20.7. The van der Waals surface area contributed by atoms with Crippen LogP contribution in [0.15, 0.2) is 0 Å². The molecule has 3 N–H and O–H groups in total. The Labute approximate surface area is 218 Å². The van der Waals surface area contributed by atoms with Gasteiger partial charge in [-0.25, -0.2) is 8.78 Å². The van der Waals surface area contributed by atoms with Crippen LogP contribution < -0.4 is 10.6 Å². The van der Waals surface area contributed by atoms with E-state index < -0.39 is 65.1 Å². The van der Waals surface area contributed by atoms with Crippen LogP contribution in [0.25, 0.3) is 0 Å². The number of aliphatic hydroxyl groups excluding tert-OH is 1. The maximum absolute atomic E-state index is 13.9. The first-order chi connectivity index (χ1) is 17.3. The predicted octanol–water partition coefficient (Wildman–Crippen LogP) is 4.11. The second-order valence-electron chi connectivity index (χ2n) is 11.6. The average Bonchev–Trinajstić information content (AvgIpc) is 2.83. The van der Waals surface area contributed by atoms with E-state index >= 15 is 0 Å². The number of rotatable bonds is 7. The van der Waals surface area contributed by atoms with Crippen molar-refractivity contribution in [2.24, 2.45) is 17.3 Å². The minimum absolute atomic E-state index is 0.0288. The largest absolute Gasteiger partial charge is 0.392 e. The normalized spacial score (nSPS) is 42.3. The molecule has 5 aliphatic rings. The van der Waals surface area contributed by atoms with E-state index in [0.29, 0.717) is 38.5 Å². The standard InChI is InChI=1S/C25H36ClF5N2O4/c26-18-2-1-17(10-19(18)28)37-13-21(35)33-23-3-5-24(6-4-23,20(34)11-23)22(36)32-12-14-7-15(25(29,30)31)9-16(27)8-14/h14-20,34H,1-13H2,(H,32,36)(H,33,35). The van der Waals surface area contributed by atoms with Gasteiger partial charge in [0, 0.05) is 18.5 Å². The minimum Gasteiger partial charge on any atom is -0.392 e. The molecule has 6 nitrogen and oxygen atoms in total. The van der Waals surface area contributed by atoms with Crippen LogP contribution in [0.4, 0.5) is 22.0 Å². The number of halogens is 6. The van der Waals surface area contributed by atoms with Gasteiger partial charge in [0.2, 0.25) is 11.8 Å². The predicted molar refractivity (Wildman–Crippen MR) is 125 cm³/mol. The number of aliphatic hydroxyl groups is 1. The number of fused-ring (bicyclic) bond motifs is 3. The summed E-state index contributed by atoms with van der Waals surface area (Å²) < 4.78 is 72.6. The van der Waals surface area contributed by atoms with Gasteiger partial charge in [-0.2, -0.15) is 13.2 Å². The van der Waals surface area contributed by atoms with Crippen LogP contribution in [-0.2, 0) is 14.3 Å². The van der Waals surface area contributed by atoms with E-state index in [2.05, 4.69) is 10.6 Å². The first-order valence-corrected chi connectivity index (χ1v) is 13.6. The van der Waals surface area contributed by atoms with Gasteiger partial charge in [-0.1, -0.05) is 0 Å². The third-order valence-electron chi connectivity index (χ3n) is 9.03. The van der Waals surface area contributed by atoms with Gasteiger partial charge in [-0.15, -0.1) is 11.6 Å². The summed E-state index contributed by atoms with van der Waals surface area (Å²) in [5.41, 5.74) is -1.75. The lowest BCUT2D eigenvalue weighted by atomic mass is 9.55. The molecule has 5 aliphatic carbocycles. The number of amides is 2. The van der Waals surface area contributed by atoms with Crippen LogP contribution >= 0.6 is 11.6 Å². The molecule has 2 bridgehead atoms. The van der Waals surface area contributed by atoms with Gasteiger partial charge < -0.3 is 20.5 Å². The van der Waals surface area contributed by atoms with E-state index in [-0.39, 0.29) is 50.8 Å². The number of alkyl halides is 6. The van der Waals surface area contributed by atoms with Crippen LogP contribution in [-0.4, -0.2) is 71.7 Å². The molecule has 2 amide bonds. The van der Waals surface area contributed by atoms with Crippen LogP contribution in [0.1, 0.15) is 70.6 Å². The molecule has 12 heteroatoms. The molecule has 0 heterocycles. The molecule has 0 radical (unpaired) electrons. The molecule has 7 atom stereocenters. The van der Waals surface area contributed by atoms with Crippen LogP contribution in [0.2, 0.25) is 0 Å². The molecular weight excluding hydrogens is 523 g/mol. The molecule has 0 aromatic carbocycles. The van der Waals surface area contributed by atoms with E-state index in [1.807, 2.05) is 0 Å². The van der Waals surface area contributed by atoms with E-state index in [4.69, 9.17) is 16.3 Å². The first-order valence-electron chi connectivity index (χ1n) is 13.2. The highest BCUT2D eigenvalue weighted by Crippen LogP contribution is 2.52. The van der Waals surface area contributed by atoms with Crippen molar-refractivity contribution >= 4 is 23.4 Å². The molecule has 5 fully saturated rings. The molecule has 5 saturated carbocycles. The van der Waals surface area contributed by atoms with Gasteiger partial charge in [-0.05, 0) is 70.1 Å². The molecular formula is C25H36ClF5N2O4. The Morgan fingerprint density at radius 3 is 2.35 bits per heavy atom. The van der Waals surface area contributed by atoms with Gasteiger partial charge in [0.05, 0.1) is 28.9 Å². The Bertz CT molecular complexity index is 838.